The highest BCUT2D eigenvalue weighted by Gasteiger charge is 2.39. The summed E-state index contributed by atoms with van der Waals surface area (Å²) in [6.07, 6.45) is 3.07. The number of ether oxygens (including phenoxy) is 4. The number of para-hydroxylation sites is 2. The molecule has 10 rings (SSSR count). The minimum absolute atomic E-state index is 0. The van der Waals surface area contributed by atoms with Gasteiger partial charge in [0.25, 0.3) is 11.8 Å². The summed E-state index contributed by atoms with van der Waals surface area (Å²) in [6.45, 7) is 3.30. The molecule has 16 nitrogen and oxygen atoms in total. The van der Waals surface area contributed by atoms with Crippen molar-refractivity contribution in [3.8, 4) is 23.0 Å². The van der Waals surface area contributed by atoms with E-state index < -0.39 is 34.2 Å². The summed E-state index contributed by atoms with van der Waals surface area (Å²) in [5.74, 6) is -0.517. The van der Waals surface area contributed by atoms with Crippen molar-refractivity contribution in [3.05, 3.63) is 188 Å². The Labute approximate surface area is 382 Å². The van der Waals surface area contributed by atoms with Crippen LogP contribution in [0, 0.1) is 0 Å². The molecule has 0 spiro atoms. The lowest BCUT2D eigenvalue weighted by molar-refractivity contribution is 0.0499. The van der Waals surface area contributed by atoms with Gasteiger partial charge < -0.3 is 39.0 Å². The average Bonchev–Trinajstić information content (AvgIpc) is 3.31. The van der Waals surface area contributed by atoms with Crippen molar-refractivity contribution in [1.29, 1.82) is 0 Å². The highest BCUT2D eigenvalue weighted by Crippen LogP contribution is 2.38. The molecule has 0 fully saturated rings. The molecular formula is C50H54N6O10. The van der Waals surface area contributed by atoms with E-state index in [9.17, 15) is 29.4 Å². The highest BCUT2D eigenvalue weighted by molar-refractivity contribution is 5.97. The van der Waals surface area contributed by atoms with Crippen molar-refractivity contribution in [2.75, 3.05) is 76.1 Å². The first kappa shape index (κ1) is 46.4. The van der Waals surface area contributed by atoms with Crippen LogP contribution in [0.15, 0.2) is 143 Å². The van der Waals surface area contributed by atoms with E-state index in [4.69, 9.17) is 18.9 Å². The second kappa shape index (κ2) is 20.5. The van der Waals surface area contributed by atoms with Crippen molar-refractivity contribution in [2.24, 2.45) is 0 Å². The standard InChI is InChI=1S/2C24H23N3O5.2CH4/c2*28-19-10-11-26-22(23(19)29)24(30)25-12-13-31-14-15-32-20-9-5-4-8-18(20)21(27(26)16-25)17-6-2-1-3-7-17;;/h2*1-11,21,29H,12-16H2;2*1H4/t2*21-;;/m10../s1. The number of rotatable bonds is 2. The maximum absolute atomic E-state index is 13.2. The molecule has 2 N–H and O–H groups in total. The number of aromatic hydroxyl groups is 2. The summed E-state index contributed by atoms with van der Waals surface area (Å²) in [7, 11) is 0. The third kappa shape index (κ3) is 9.05. The Hall–Kier alpha value is -7.56. The quantitative estimate of drug-likeness (QED) is 0.225. The number of benzene rings is 4. The molecule has 2 atom stereocenters. The summed E-state index contributed by atoms with van der Waals surface area (Å²) >= 11 is 0. The Bertz CT molecular complexity index is 2580. The number of carbonyl (C=O) groups is 2. The zero-order valence-corrected chi connectivity index (χ0v) is 34.8. The number of fused-ring (bicyclic) bond motifs is 10. The van der Waals surface area contributed by atoms with Crippen LogP contribution >= 0.6 is 0 Å². The normalized spacial score (nSPS) is 18.1. The molecule has 0 saturated heterocycles. The predicted molar refractivity (Wildman–Crippen MR) is 249 cm³/mol. The number of aromatic nitrogens is 2. The number of hydrogen-bond donors (Lipinski definition) is 2. The molecule has 66 heavy (non-hydrogen) atoms. The Morgan fingerprint density at radius 1 is 0.455 bits per heavy atom. The Morgan fingerprint density at radius 2 is 0.833 bits per heavy atom. The van der Waals surface area contributed by atoms with Crippen molar-refractivity contribution >= 4 is 11.8 Å². The van der Waals surface area contributed by atoms with Crippen molar-refractivity contribution in [1.82, 2.24) is 19.2 Å². The first-order valence-electron chi connectivity index (χ1n) is 21.0. The molecule has 6 aromatic rings. The lowest BCUT2D eigenvalue weighted by Gasteiger charge is -2.44. The van der Waals surface area contributed by atoms with E-state index >= 15 is 0 Å². The van der Waals surface area contributed by atoms with Crippen LogP contribution in [-0.2, 0) is 9.47 Å². The second-order valence-electron chi connectivity index (χ2n) is 15.4. The van der Waals surface area contributed by atoms with Crippen molar-refractivity contribution in [3.63, 3.8) is 0 Å². The minimum Gasteiger partial charge on any atom is -0.502 e. The lowest BCUT2D eigenvalue weighted by Crippen LogP contribution is -2.56. The molecule has 6 heterocycles. The molecule has 2 amide bonds. The van der Waals surface area contributed by atoms with Gasteiger partial charge in [-0.1, -0.05) is 112 Å². The highest BCUT2D eigenvalue weighted by atomic mass is 16.5. The molecule has 4 aliphatic heterocycles. The average molecular weight is 899 g/mol. The maximum atomic E-state index is 13.2. The molecule has 16 heteroatoms. The fraction of sp³-hybridized carbons (Fsp3) is 0.280. The molecule has 2 aromatic heterocycles. The van der Waals surface area contributed by atoms with Gasteiger partial charge in [0.05, 0.1) is 26.4 Å². The summed E-state index contributed by atoms with van der Waals surface area (Å²) in [5, 5.41) is 25.0. The largest absolute Gasteiger partial charge is 0.502 e. The molecular weight excluding hydrogens is 845 g/mol. The van der Waals surface area contributed by atoms with E-state index in [2.05, 4.69) is 0 Å². The Balaban J connectivity index is 0.000000191. The minimum atomic E-state index is -0.594. The maximum Gasteiger partial charge on any atom is 0.277 e. The second-order valence-corrected chi connectivity index (χ2v) is 15.4. The number of pyridine rings is 2. The summed E-state index contributed by atoms with van der Waals surface area (Å²) < 4.78 is 26.6. The molecule has 4 aliphatic rings. The molecule has 0 saturated carbocycles. The van der Waals surface area contributed by atoms with Gasteiger partial charge in [0.15, 0.2) is 22.9 Å². The Kier molecular flexibility index (Phi) is 14.4. The fourth-order valence-corrected chi connectivity index (χ4v) is 8.48. The van der Waals surface area contributed by atoms with Crippen LogP contribution in [0.3, 0.4) is 0 Å². The summed E-state index contributed by atoms with van der Waals surface area (Å²) in [6, 6.07) is 37.1. The van der Waals surface area contributed by atoms with Gasteiger partial charge in [-0.3, -0.25) is 38.5 Å². The van der Waals surface area contributed by atoms with Gasteiger partial charge in [-0.15, -0.1) is 0 Å². The SMILES string of the molecule is C.C.O=C1c2c(O)c(=O)ccn2N2CN1CCOCCOc1ccccc1[C@@H]2c1ccccc1.O=C1c2c(O)c(=O)ccn2N2CN1CCOCCOc1ccccc1[C@H]2c1ccccc1. The lowest BCUT2D eigenvalue weighted by atomic mass is 9.97. The topological polar surface area (TPSA) is 168 Å². The zero-order chi connectivity index (χ0) is 44.2. The number of nitrogens with zero attached hydrogens (tertiary/aromatic N) is 6. The van der Waals surface area contributed by atoms with Gasteiger partial charge in [-0.05, 0) is 23.3 Å². The van der Waals surface area contributed by atoms with Crippen LogP contribution in [0.25, 0.3) is 0 Å². The molecule has 0 radical (unpaired) electrons. The van der Waals surface area contributed by atoms with Crippen LogP contribution in [0.4, 0.5) is 0 Å². The molecule has 4 bridgehead atoms. The van der Waals surface area contributed by atoms with Crippen LogP contribution in [0.2, 0.25) is 0 Å². The zero-order valence-electron chi connectivity index (χ0n) is 34.8. The van der Waals surface area contributed by atoms with Gasteiger partial charge in [0.1, 0.15) is 50.1 Å². The molecule has 4 aromatic carbocycles. The van der Waals surface area contributed by atoms with Crippen LogP contribution in [0.1, 0.15) is 70.2 Å². The van der Waals surface area contributed by atoms with Crippen LogP contribution in [-0.4, -0.2) is 107 Å². The third-order valence-corrected chi connectivity index (χ3v) is 11.5. The van der Waals surface area contributed by atoms with Gasteiger partial charge in [-0.25, -0.2) is 0 Å². The van der Waals surface area contributed by atoms with Gasteiger partial charge >= 0.3 is 0 Å². The van der Waals surface area contributed by atoms with Crippen molar-refractivity contribution in [2.45, 2.75) is 26.9 Å². The first-order chi connectivity index (χ1) is 31.3. The van der Waals surface area contributed by atoms with E-state index in [1.54, 1.807) is 19.2 Å². The van der Waals surface area contributed by atoms with Gasteiger partial charge in [0, 0.05) is 48.7 Å². The number of amides is 2. The summed E-state index contributed by atoms with van der Waals surface area (Å²) in [4.78, 5) is 54.0. The molecule has 0 unspecified atom stereocenters. The summed E-state index contributed by atoms with van der Waals surface area (Å²) in [5.41, 5.74) is 2.47. The third-order valence-electron chi connectivity index (χ3n) is 11.5. The van der Waals surface area contributed by atoms with E-state index in [0.717, 1.165) is 22.3 Å². The predicted octanol–water partition coefficient (Wildman–Crippen LogP) is 5.48. The monoisotopic (exact) mass is 898 g/mol. The van der Waals surface area contributed by atoms with Crippen LogP contribution in [0.5, 0.6) is 23.0 Å². The smallest absolute Gasteiger partial charge is 0.277 e. The van der Waals surface area contributed by atoms with Crippen LogP contribution < -0.4 is 30.3 Å². The van der Waals surface area contributed by atoms with E-state index in [1.165, 1.54) is 24.5 Å². The van der Waals surface area contributed by atoms with Gasteiger partial charge in [0.2, 0.25) is 10.9 Å². The first-order valence-corrected chi connectivity index (χ1v) is 21.0. The molecule has 0 aliphatic carbocycles. The van der Waals surface area contributed by atoms with E-state index in [-0.39, 0.29) is 51.7 Å². The van der Waals surface area contributed by atoms with Gasteiger partial charge in [-0.2, -0.15) is 0 Å². The number of carbonyl (C=O) groups excluding carboxylic acids is 2. The van der Waals surface area contributed by atoms with Crippen molar-refractivity contribution < 1.29 is 38.7 Å². The number of hydrogen-bond acceptors (Lipinski definition) is 12. The van der Waals surface area contributed by atoms with E-state index in [1.807, 2.05) is 119 Å². The molecule has 344 valence electrons. The fourth-order valence-electron chi connectivity index (χ4n) is 8.48. The van der Waals surface area contributed by atoms with E-state index in [0.29, 0.717) is 64.2 Å². The Morgan fingerprint density at radius 3 is 1.24 bits per heavy atom.